The predicted octanol–water partition coefficient (Wildman–Crippen LogP) is 2.81. The highest BCUT2D eigenvalue weighted by molar-refractivity contribution is 9.09. The molecule has 1 aromatic carbocycles. The second-order valence-electron chi connectivity index (χ2n) is 4.08. The number of benzene rings is 1. The minimum atomic E-state index is -0.455. The molecule has 0 aliphatic carbocycles. The Bertz CT molecular complexity index is 461. The Morgan fingerprint density at radius 2 is 2.22 bits per heavy atom. The van der Waals surface area contributed by atoms with E-state index in [0.29, 0.717) is 22.5 Å². The second-order valence-corrected chi connectivity index (χ2v) is 5.65. The number of nitrogens with zero attached hydrogens (tertiary/aromatic N) is 1. The molecule has 0 saturated heterocycles. The Morgan fingerprint density at radius 1 is 1.56 bits per heavy atom. The minimum absolute atomic E-state index is 0.0284. The molecule has 0 aromatic heterocycles. The topological polar surface area (TPSA) is 72.2 Å². The number of rotatable bonds is 5. The number of halogens is 1. The maximum atomic E-state index is 11.8. The summed E-state index contributed by atoms with van der Waals surface area (Å²) in [5.41, 5.74) is 0.961. The van der Waals surface area contributed by atoms with Crippen molar-refractivity contribution in [2.45, 2.75) is 25.1 Å². The van der Waals surface area contributed by atoms with Crippen LogP contribution in [0.2, 0.25) is 0 Å². The summed E-state index contributed by atoms with van der Waals surface area (Å²) in [6.45, 7) is 4.19. The number of nitro benzene ring substituents is 1. The Morgan fingerprint density at radius 3 is 2.72 bits per heavy atom. The van der Waals surface area contributed by atoms with Crippen molar-refractivity contribution in [2.75, 3.05) is 6.54 Å². The molecule has 5 nitrogen and oxygen atoms in total. The Balaban J connectivity index is 2.70. The lowest BCUT2D eigenvalue weighted by Gasteiger charge is -2.07. The lowest BCUT2D eigenvalue weighted by Crippen LogP contribution is -2.25. The van der Waals surface area contributed by atoms with Crippen LogP contribution in [0, 0.1) is 17.0 Å². The quantitative estimate of drug-likeness (QED) is 0.516. The van der Waals surface area contributed by atoms with Crippen LogP contribution in [-0.4, -0.2) is 22.2 Å². The van der Waals surface area contributed by atoms with Gasteiger partial charge < -0.3 is 5.32 Å². The second kappa shape index (κ2) is 6.49. The van der Waals surface area contributed by atoms with Crippen LogP contribution in [0.1, 0.15) is 29.3 Å². The highest BCUT2D eigenvalue weighted by Gasteiger charge is 2.13. The number of alkyl halides is 1. The van der Waals surface area contributed by atoms with Gasteiger partial charge >= 0.3 is 0 Å². The Hall–Kier alpha value is -1.43. The van der Waals surface area contributed by atoms with Crippen LogP contribution in [0.5, 0.6) is 0 Å². The number of carbonyl (C=O) groups is 1. The predicted molar refractivity (Wildman–Crippen MR) is 73.2 cm³/mol. The molecule has 0 heterocycles. The molecular formula is C12H15BrN2O3. The average Bonchev–Trinajstić information content (AvgIpc) is 2.27. The SMILES string of the molecule is Cc1cc(C(=O)NCCC(C)Br)ccc1[N+](=O)[O-]. The fraction of sp³-hybridized carbons (Fsp3) is 0.417. The summed E-state index contributed by atoms with van der Waals surface area (Å²) in [4.78, 5) is 22.3. The zero-order valence-corrected chi connectivity index (χ0v) is 11.9. The number of carbonyl (C=O) groups excluding carboxylic acids is 1. The van der Waals surface area contributed by atoms with Crippen molar-refractivity contribution >= 4 is 27.5 Å². The van der Waals surface area contributed by atoms with Crippen LogP contribution in [0.4, 0.5) is 5.69 Å². The number of nitrogens with one attached hydrogen (secondary N) is 1. The monoisotopic (exact) mass is 314 g/mol. The molecule has 6 heteroatoms. The van der Waals surface area contributed by atoms with Gasteiger partial charge in [0, 0.05) is 28.6 Å². The molecular weight excluding hydrogens is 300 g/mol. The van der Waals surface area contributed by atoms with Gasteiger partial charge in [0.05, 0.1) is 4.92 Å². The number of aryl methyl sites for hydroxylation is 1. The smallest absolute Gasteiger partial charge is 0.272 e. The van der Waals surface area contributed by atoms with Crippen molar-refractivity contribution in [3.05, 3.63) is 39.4 Å². The fourth-order valence-electron chi connectivity index (χ4n) is 1.49. The van der Waals surface area contributed by atoms with Gasteiger partial charge in [-0.05, 0) is 25.5 Å². The van der Waals surface area contributed by atoms with Crippen molar-refractivity contribution in [1.82, 2.24) is 5.32 Å². The highest BCUT2D eigenvalue weighted by atomic mass is 79.9. The molecule has 1 amide bonds. The van der Waals surface area contributed by atoms with Gasteiger partial charge in [-0.1, -0.05) is 22.9 Å². The van der Waals surface area contributed by atoms with E-state index in [1.807, 2.05) is 6.92 Å². The molecule has 0 aliphatic rings. The third-order valence-corrected chi connectivity index (χ3v) is 2.94. The minimum Gasteiger partial charge on any atom is -0.352 e. The van der Waals surface area contributed by atoms with Crippen LogP contribution in [-0.2, 0) is 0 Å². The van der Waals surface area contributed by atoms with Gasteiger partial charge in [-0.15, -0.1) is 0 Å². The molecule has 1 unspecified atom stereocenters. The van der Waals surface area contributed by atoms with E-state index in [1.165, 1.54) is 18.2 Å². The van der Waals surface area contributed by atoms with Gasteiger partial charge in [-0.3, -0.25) is 14.9 Å². The number of hydrogen-bond donors (Lipinski definition) is 1. The number of hydrogen-bond acceptors (Lipinski definition) is 3. The molecule has 0 bridgehead atoms. The zero-order chi connectivity index (χ0) is 13.7. The van der Waals surface area contributed by atoms with Gasteiger partial charge in [0.25, 0.3) is 11.6 Å². The third-order valence-electron chi connectivity index (χ3n) is 2.48. The normalized spacial score (nSPS) is 11.9. The summed E-state index contributed by atoms with van der Waals surface area (Å²) in [6.07, 6.45) is 0.831. The van der Waals surface area contributed by atoms with E-state index in [9.17, 15) is 14.9 Å². The fourth-order valence-corrected chi connectivity index (χ4v) is 1.72. The third kappa shape index (κ3) is 4.10. The van der Waals surface area contributed by atoms with Crippen LogP contribution in [0.3, 0.4) is 0 Å². The lowest BCUT2D eigenvalue weighted by atomic mass is 10.1. The van der Waals surface area contributed by atoms with E-state index in [0.717, 1.165) is 6.42 Å². The van der Waals surface area contributed by atoms with E-state index in [-0.39, 0.29) is 11.6 Å². The Labute approximate surface area is 114 Å². The molecule has 0 aliphatic heterocycles. The molecule has 18 heavy (non-hydrogen) atoms. The summed E-state index contributed by atoms with van der Waals surface area (Å²) in [5.74, 6) is -0.207. The van der Waals surface area contributed by atoms with Crippen LogP contribution in [0.15, 0.2) is 18.2 Å². The van der Waals surface area contributed by atoms with E-state index < -0.39 is 4.92 Å². The number of amides is 1. The maximum Gasteiger partial charge on any atom is 0.272 e. The summed E-state index contributed by atoms with van der Waals surface area (Å²) in [7, 11) is 0. The van der Waals surface area contributed by atoms with Crippen LogP contribution in [0.25, 0.3) is 0 Å². The summed E-state index contributed by atoms with van der Waals surface area (Å²) in [5, 5.41) is 13.4. The van der Waals surface area contributed by atoms with Gasteiger partial charge in [-0.2, -0.15) is 0 Å². The summed E-state index contributed by atoms with van der Waals surface area (Å²) >= 11 is 3.39. The summed E-state index contributed by atoms with van der Waals surface area (Å²) in [6, 6.07) is 4.36. The van der Waals surface area contributed by atoms with Crippen LogP contribution >= 0.6 is 15.9 Å². The first-order valence-electron chi connectivity index (χ1n) is 5.59. The standard InChI is InChI=1S/C12H15BrN2O3/c1-8-7-10(3-4-11(8)15(17)18)12(16)14-6-5-9(2)13/h3-4,7,9H,5-6H2,1-2H3,(H,14,16). The average molecular weight is 315 g/mol. The lowest BCUT2D eigenvalue weighted by molar-refractivity contribution is -0.385. The van der Waals surface area contributed by atoms with Crippen molar-refractivity contribution in [2.24, 2.45) is 0 Å². The van der Waals surface area contributed by atoms with E-state index in [2.05, 4.69) is 21.2 Å². The first-order valence-corrected chi connectivity index (χ1v) is 6.50. The molecule has 1 rings (SSSR count). The van der Waals surface area contributed by atoms with E-state index in [4.69, 9.17) is 0 Å². The van der Waals surface area contributed by atoms with Gasteiger partial charge in [0.1, 0.15) is 0 Å². The zero-order valence-electron chi connectivity index (χ0n) is 10.3. The van der Waals surface area contributed by atoms with Crippen LogP contribution < -0.4 is 5.32 Å². The molecule has 0 spiro atoms. The van der Waals surface area contributed by atoms with Crippen molar-refractivity contribution in [1.29, 1.82) is 0 Å². The van der Waals surface area contributed by atoms with E-state index >= 15 is 0 Å². The van der Waals surface area contributed by atoms with Gasteiger partial charge in [0.15, 0.2) is 0 Å². The molecule has 1 aromatic rings. The maximum absolute atomic E-state index is 11.8. The first-order chi connectivity index (χ1) is 8.41. The van der Waals surface area contributed by atoms with Crippen molar-refractivity contribution in [3.8, 4) is 0 Å². The summed E-state index contributed by atoms with van der Waals surface area (Å²) < 4.78 is 0. The molecule has 1 N–H and O–H groups in total. The van der Waals surface area contributed by atoms with Crippen molar-refractivity contribution in [3.63, 3.8) is 0 Å². The van der Waals surface area contributed by atoms with Gasteiger partial charge in [0.2, 0.25) is 0 Å². The Kier molecular flexibility index (Phi) is 5.27. The number of nitro groups is 1. The highest BCUT2D eigenvalue weighted by Crippen LogP contribution is 2.18. The van der Waals surface area contributed by atoms with E-state index in [1.54, 1.807) is 6.92 Å². The molecule has 0 saturated carbocycles. The molecule has 0 fully saturated rings. The molecule has 98 valence electrons. The molecule has 0 radical (unpaired) electrons. The molecule has 1 atom stereocenters. The van der Waals surface area contributed by atoms with Gasteiger partial charge in [-0.25, -0.2) is 0 Å². The van der Waals surface area contributed by atoms with Crippen molar-refractivity contribution < 1.29 is 9.72 Å². The first kappa shape index (κ1) is 14.6. The largest absolute Gasteiger partial charge is 0.352 e.